The Morgan fingerprint density at radius 3 is 2.59 bits per heavy atom. The Bertz CT molecular complexity index is 868. The SMILES string of the molecule is CN1[C@@H]2CC[C@H]1CC(S(=O)(=O)c1ccc3[nH]c(=O)oc3c1)C2. The molecule has 2 aliphatic rings. The van der Waals surface area contributed by atoms with Gasteiger partial charge in [0.15, 0.2) is 15.4 Å². The average molecular weight is 322 g/mol. The van der Waals surface area contributed by atoms with Gasteiger partial charge in [-0.2, -0.15) is 0 Å². The Balaban J connectivity index is 1.71. The summed E-state index contributed by atoms with van der Waals surface area (Å²) in [6.45, 7) is 0. The van der Waals surface area contributed by atoms with Crippen LogP contribution < -0.4 is 5.76 Å². The van der Waals surface area contributed by atoms with Crippen LogP contribution in [0.15, 0.2) is 32.3 Å². The number of sulfone groups is 1. The number of hydrogen-bond donors (Lipinski definition) is 1. The molecule has 0 spiro atoms. The molecule has 7 heteroatoms. The molecule has 6 nitrogen and oxygen atoms in total. The van der Waals surface area contributed by atoms with E-state index >= 15 is 0 Å². The molecule has 0 aliphatic carbocycles. The van der Waals surface area contributed by atoms with Gasteiger partial charge in [-0.05, 0) is 44.9 Å². The number of nitrogens with zero attached hydrogens (tertiary/aromatic N) is 1. The van der Waals surface area contributed by atoms with Crippen LogP contribution >= 0.6 is 0 Å². The van der Waals surface area contributed by atoms with Gasteiger partial charge in [0.1, 0.15) is 0 Å². The lowest BCUT2D eigenvalue weighted by Gasteiger charge is -2.35. The Morgan fingerprint density at radius 2 is 1.91 bits per heavy atom. The monoisotopic (exact) mass is 322 g/mol. The van der Waals surface area contributed by atoms with Crippen LogP contribution in [0.25, 0.3) is 11.1 Å². The predicted octanol–water partition coefficient (Wildman–Crippen LogP) is 1.52. The van der Waals surface area contributed by atoms with E-state index in [0.717, 1.165) is 12.8 Å². The third-order valence-corrected chi connectivity index (χ3v) is 7.39. The molecule has 4 rings (SSSR count). The maximum absolute atomic E-state index is 12.9. The third kappa shape index (κ3) is 2.03. The van der Waals surface area contributed by atoms with Gasteiger partial charge in [0.2, 0.25) is 0 Å². The normalized spacial score (nSPS) is 29.2. The summed E-state index contributed by atoms with van der Waals surface area (Å²) in [5.74, 6) is -0.568. The second-order valence-electron chi connectivity index (χ2n) is 6.36. The Labute approximate surface area is 128 Å². The number of nitrogens with one attached hydrogen (secondary N) is 1. The molecule has 0 saturated carbocycles. The number of oxazole rings is 1. The van der Waals surface area contributed by atoms with E-state index in [9.17, 15) is 13.2 Å². The predicted molar refractivity (Wildman–Crippen MR) is 81.6 cm³/mol. The fourth-order valence-electron chi connectivity index (χ4n) is 3.91. The van der Waals surface area contributed by atoms with Crippen LogP contribution in [-0.4, -0.2) is 42.7 Å². The zero-order valence-electron chi connectivity index (χ0n) is 12.3. The lowest BCUT2D eigenvalue weighted by atomic mass is 10.0. The van der Waals surface area contributed by atoms with Crippen molar-refractivity contribution in [3.8, 4) is 0 Å². The van der Waals surface area contributed by atoms with Gasteiger partial charge in [-0.3, -0.25) is 4.98 Å². The molecule has 2 aromatic rings. The summed E-state index contributed by atoms with van der Waals surface area (Å²) < 4.78 is 30.8. The van der Waals surface area contributed by atoms with Crippen LogP contribution in [0, 0.1) is 0 Å². The lowest BCUT2D eigenvalue weighted by molar-refractivity contribution is 0.180. The first-order valence-electron chi connectivity index (χ1n) is 7.54. The van der Waals surface area contributed by atoms with E-state index in [1.165, 1.54) is 6.07 Å². The number of benzene rings is 1. The summed E-state index contributed by atoms with van der Waals surface area (Å²) in [5, 5.41) is -0.343. The fraction of sp³-hybridized carbons (Fsp3) is 0.533. The Morgan fingerprint density at radius 1 is 1.23 bits per heavy atom. The summed E-state index contributed by atoms with van der Waals surface area (Å²) in [4.78, 5) is 16.3. The standard InChI is InChI=1S/C15H18N2O4S/c1-17-9-2-3-10(17)7-12(6-9)22(19,20)11-4-5-13-14(8-11)21-15(18)16-13/h4-5,8-10,12H,2-3,6-7H2,1H3,(H,16,18)/t9-,10+,12?. The molecule has 1 unspecified atom stereocenters. The molecule has 2 bridgehead atoms. The second-order valence-corrected chi connectivity index (χ2v) is 8.59. The first-order chi connectivity index (χ1) is 10.4. The number of fused-ring (bicyclic) bond motifs is 3. The molecule has 1 aromatic carbocycles. The number of rotatable bonds is 2. The molecule has 0 amide bonds. The summed E-state index contributed by atoms with van der Waals surface area (Å²) >= 11 is 0. The van der Waals surface area contributed by atoms with Crippen molar-refractivity contribution in [3.05, 3.63) is 28.7 Å². The maximum atomic E-state index is 12.9. The van der Waals surface area contributed by atoms with Crippen LogP contribution in [0.2, 0.25) is 0 Å². The van der Waals surface area contributed by atoms with E-state index in [2.05, 4.69) is 16.9 Å². The van der Waals surface area contributed by atoms with Gasteiger partial charge in [-0.15, -0.1) is 0 Å². The van der Waals surface area contributed by atoms with Crippen LogP contribution in [0.1, 0.15) is 25.7 Å². The van der Waals surface area contributed by atoms with Gasteiger partial charge in [-0.1, -0.05) is 0 Å². The summed E-state index contributed by atoms with van der Waals surface area (Å²) in [7, 11) is -1.31. The van der Waals surface area contributed by atoms with Gasteiger partial charge < -0.3 is 9.32 Å². The Hall–Kier alpha value is -1.60. The van der Waals surface area contributed by atoms with Crippen molar-refractivity contribution in [2.45, 2.75) is 47.9 Å². The van der Waals surface area contributed by atoms with Gasteiger partial charge in [-0.25, -0.2) is 13.2 Å². The average Bonchev–Trinajstić information content (AvgIpc) is 2.91. The molecule has 22 heavy (non-hydrogen) atoms. The summed E-state index contributed by atoms with van der Waals surface area (Å²) in [5.41, 5.74) is 0.814. The Kier molecular flexibility index (Phi) is 2.99. The van der Waals surface area contributed by atoms with Crippen LogP contribution in [-0.2, 0) is 9.84 Å². The highest BCUT2D eigenvalue weighted by molar-refractivity contribution is 7.92. The number of hydrogen-bond acceptors (Lipinski definition) is 5. The zero-order valence-corrected chi connectivity index (χ0v) is 13.1. The van der Waals surface area contributed by atoms with E-state index < -0.39 is 15.6 Å². The number of H-pyrrole nitrogens is 1. The third-order valence-electron chi connectivity index (χ3n) is 5.21. The maximum Gasteiger partial charge on any atom is 0.417 e. The number of aromatic nitrogens is 1. The van der Waals surface area contributed by atoms with Crippen LogP contribution in [0.4, 0.5) is 0 Å². The van der Waals surface area contributed by atoms with E-state index in [-0.39, 0.29) is 10.1 Å². The summed E-state index contributed by atoms with van der Waals surface area (Å²) in [6, 6.07) is 5.35. The van der Waals surface area contributed by atoms with E-state index in [1.54, 1.807) is 12.1 Å². The molecule has 118 valence electrons. The summed E-state index contributed by atoms with van der Waals surface area (Å²) in [6.07, 6.45) is 3.53. The zero-order chi connectivity index (χ0) is 15.5. The van der Waals surface area contributed by atoms with Crippen molar-refractivity contribution >= 4 is 20.9 Å². The smallest absolute Gasteiger partial charge is 0.408 e. The van der Waals surface area contributed by atoms with Gasteiger partial charge >= 0.3 is 5.76 Å². The molecule has 0 radical (unpaired) electrons. The molecular formula is C15H18N2O4S. The molecule has 2 saturated heterocycles. The van der Waals surface area contributed by atoms with E-state index in [4.69, 9.17) is 4.42 Å². The van der Waals surface area contributed by atoms with Crippen molar-refractivity contribution in [3.63, 3.8) is 0 Å². The van der Waals surface area contributed by atoms with Crippen molar-refractivity contribution in [1.29, 1.82) is 0 Å². The molecular weight excluding hydrogens is 304 g/mol. The minimum Gasteiger partial charge on any atom is -0.408 e. The van der Waals surface area contributed by atoms with E-state index in [0.29, 0.717) is 36.0 Å². The van der Waals surface area contributed by atoms with Crippen molar-refractivity contribution < 1.29 is 12.8 Å². The van der Waals surface area contributed by atoms with Crippen LogP contribution in [0.3, 0.4) is 0 Å². The fourth-order valence-corrected chi connectivity index (χ4v) is 5.78. The lowest BCUT2D eigenvalue weighted by Crippen LogP contribution is -2.44. The highest BCUT2D eigenvalue weighted by Gasteiger charge is 2.43. The van der Waals surface area contributed by atoms with Gasteiger partial charge in [0.05, 0.1) is 15.7 Å². The highest BCUT2D eigenvalue weighted by atomic mass is 32.2. The van der Waals surface area contributed by atoms with Gasteiger partial charge in [0.25, 0.3) is 0 Å². The molecule has 2 aliphatic heterocycles. The minimum atomic E-state index is -3.40. The molecule has 2 fully saturated rings. The first kappa shape index (κ1) is 14.0. The topological polar surface area (TPSA) is 83.4 Å². The molecule has 1 N–H and O–H groups in total. The van der Waals surface area contributed by atoms with E-state index in [1.807, 2.05) is 0 Å². The largest absolute Gasteiger partial charge is 0.417 e. The molecule has 3 atom stereocenters. The highest BCUT2D eigenvalue weighted by Crippen LogP contribution is 2.38. The van der Waals surface area contributed by atoms with Crippen LogP contribution in [0.5, 0.6) is 0 Å². The van der Waals surface area contributed by atoms with Crippen molar-refractivity contribution in [1.82, 2.24) is 9.88 Å². The van der Waals surface area contributed by atoms with Crippen molar-refractivity contribution in [2.24, 2.45) is 0 Å². The first-order valence-corrected chi connectivity index (χ1v) is 9.08. The number of piperidine rings is 1. The number of aromatic amines is 1. The molecule has 1 aromatic heterocycles. The molecule has 3 heterocycles. The second kappa shape index (κ2) is 4.70. The minimum absolute atomic E-state index is 0.247. The van der Waals surface area contributed by atoms with Crippen molar-refractivity contribution in [2.75, 3.05) is 7.05 Å². The quantitative estimate of drug-likeness (QED) is 0.906. The van der Waals surface area contributed by atoms with Gasteiger partial charge in [0, 0.05) is 18.2 Å².